The summed E-state index contributed by atoms with van der Waals surface area (Å²) in [5, 5.41) is 0. The standard InChI is InChI=1S/C19H42O7Si4/c1-15(17(21)24-28(5,6)7)19(26-30(11,12)13,18(22)25-29(8,9)10)14-16(20)23-27(2,3)4/h15H,14H2,1-13H3. The van der Waals surface area contributed by atoms with Gasteiger partial charge in [-0.25, -0.2) is 0 Å². The summed E-state index contributed by atoms with van der Waals surface area (Å²) in [5.41, 5.74) is -1.78. The SMILES string of the molecule is CC(C(=O)O[Si](C)(C)C)C(CC(=O)O[Si](C)(C)C)(O[Si](C)(C)C)C(=O)O[Si](C)(C)C. The highest BCUT2D eigenvalue weighted by Gasteiger charge is 2.55. The minimum Gasteiger partial charge on any atom is -0.520 e. The van der Waals surface area contributed by atoms with Crippen molar-refractivity contribution in [2.45, 2.75) is 97.5 Å². The molecule has 0 bridgehead atoms. The van der Waals surface area contributed by atoms with E-state index in [2.05, 4.69) is 0 Å². The molecular weight excluding hydrogens is 453 g/mol. The van der Waals surface area contributed by atoms with Crippen molar-refractivity contribution in [3.63, 3.8) is 0 Å². The van der Waals surface area contributed by atoms with E-state index in [-0.39, 0.29) is 6.42 Å². The van der Waals surface area contributed by atoms with Gasteiger partial charge in [0.05, 0.1) is 12.3 Å². The number of carbonyl (C=O) groups is 3. The Morgan fingerprint density at radius 2 is 1.07 bits per heavy atom. The second-order valence-corrected chi connectivity index (χ2v) is 29.3. The summed E-state index contributed by atoms with van der Waals surface area (Å²) in [7, 11) is -9.17. The quantitative estimate of drug-likeness (QED) is 0.405. The monoisotopic (exact) mass is 494 g/mol. The van der Waals surface area contributed by atoms with Crippen molar-refractivity contribution in [1.29, 1.82) is 0 Å². The molecule has 0 aromatic rings. The third-order valence-electron chi connectivity index (χ3n) is 3.52. The zero-order chi connectivity index (χ0) is 24.3. The zero-order valence-electron chi connectivity index (χ0n) is 21.1. The Morgan fingerprint density at radius 3 is 1.40 bits per heavy atom. The zero-order valence-corrected chi connectivity index (χ0v) is 25.1. The van der Waals surface area contributed by atoms with Gasteiger partial charge in [0, 0.05) is 0 Å². The summed E-state index contributed by atoms with van der Waals surface area (Å²) in [5.74, 6) is -2.82. The molecule has 0 spiro atoms. The topological polar surface area (TPSA) is 88.1 Å². The first-order valence-electron chi connectivity index (χ1n) is 10.4. The largest absolute Gasteiger partial charge is 0.520 e. The predicted octanol–water partition coefficient (Wildman–Crippen LogP) is 4.74. The van der Waals surface area contributed by atoms with Gasteiger partial charge in [-0.15, -0.1) is 0 Å². The van der Waals surface area contributed by atoms with Gasteiger partial charge in [-0.05, 0) is 85.5 Å². The molecule has 0 fully saturated rings. The molecule has 176 valence electrons. The second kappa shape index (κ2) is 9.80. The average molecular weight is 495 g/mol. The highest BCUT2D eigenvalue weighted by atomic mass is 28.4. The lowest BCUT2D eigenvalue weighted by molar-refractivity contribution is -0.172. The van der Waals surface area contributed by atoms with Gasteiger partial charge >= 0.3 is 5.97 Å². The van der Waals surface area contributed by atoms with Crippen LogP contribution in [0.15, 0.2) is 0 Å². The van der Waals surface area contributed by atoms with E-state index >= 15 is 0 Å². The van der Waals surface area contributed by atoms with Crippen molar-refractivity contribution >= 4 is 51.2 Å². The van der Waals surface area contributed by atoms with Crippen LogP contribution in [0.3, 0.4) is 0 Å². The van der Waals surface area contributed by atoms with Gasteiger partial charge in [0.1, 0.15) is 0 Å². The molecule has 2 atom stereocenters. The van der Waals surface area contributed by atoms with E-state index in [0.29, 0.717) is 0 Å². The fourth-order valence-corrected chi connectivity index (χ4v) is 6.34. The van der Waals surface area contributed by atoms with E-state index in [1.807, 2.05) is 78.6 Å². The fourth-order valence-electron chi connectivity index (χ4n) is 2.65. The summed E-state index contributed by atoms with van der Waals surface area (Å²) >= 11 is 0. The highest BCUT2D eigenvalue weighted by Crippen LogP contribution is 2.35. The molecule has 7 nitrogen and oxygen atoms in total. The van der Waals surface area contributed by atoms with Crippen LogP contribution in [0, 0.1) is 5.92 Å². The van der Waals surface area contributed by atoms with E-state index in [9.17, 15) is 14.4 Å². The van der Waals surface area contributed by atoms with Crippen molar-refractivity contribution in [3.05, 3.63) is 0 Å². The first-order chi connectivity index (χ1) is 13.0. The number of rotatable bonds is 10. The van der Waals surface area contributed by atoms with Crippen LogP contribution >= 0.6 is 0 Å². The summed E-state index contributed by atoms with van der Waals surface area (Å²) in [6.45, 7) is 24.2. The van der Waals surface area contributed by atoms with E-state index < -0.39 is 62.7 Å². The number of hydrogen-bond donors (Lipinski definition) is 0. The van der Waals surface area contributed by atoms with Crippen molar-refractivity contribution in [3.8, 4) is 0 Å². The van der Waals surface area contributed by atoms with Gasteiger partial charge in [0.25, 0.3) is 11.9 Å². The maximum absolute atomic E-state index is 13.5. The summed E-state index contributed by atoms with van der Waals surface area (Å²) in [6, 6.07) is 0. The van der Waals surface area contributed by atoms with Crippen LogP contribution in [0.1, 0.15) is 13.3 Å². The lowest BCUT2D eigenvalue weighted by Gasteiger charge is -2.42. The fraction of sp³-hybridized carbons (Fsp3) is 0.842. The van der Waals surface area contributed by atoms with Crippen molar-refractivity contribution in [2.24, 2.45) is 5.92 Å². The van der Waals surface area contributed by atoms with Crippen molar-refractivity contribution < 1.29 is 32.1 Å². The van der Waals surface area contributed by atoms with Gasteiger partial charge in [-0.1, -0.05) is 0 Å². The molecule has 0 aromatic heterocycles. The Balaban J connectivity index is 6.44. The Hall–Kier alpha value is -0.762. The maximum atomic E-state index is 13.5. The van der Waals surface area contributed by atoms with E-state index in [0.717, 1.165) is 0 Å². The number of hydrogen-bond acceptors (Lipinski definition) is 7. The highest BCUT2D eigenvalue weighted by molar-refractivity contribution is 6.72. The Morgan fingerprint density at radius 1 is 0.667 bits per heavy atom. The van der Waals surface area contributed by atoms with Crippen LogP contribution in [0.2, 0.25) is 78.6 Å². The molecule has 2 unspecified atom stereocenters. The minimum atomic E-state index is -2.40. The first-order valence-corrected chi connectivity index (χ1v) is 24.0. The van der Waals surface area contributed by atoms with E-state index in [1.165, 1.54) is 0 Å². The van der Waals surface area contributed by atoms with Gasteiger partial charge in [-0.3, -0.25) is 14.4 Å². The molecule has 0 heterocycles. The first kappa shape index (κ1) is 29.2. The molecule has 11 heteroatoms. The molecule has 0 radical (unpaired) electrons. The average Bonchev–Trinajstić information content (AvgIpc) is 2.37. The molecule has 0 saturated heterocycles. The maximum Gasteiger partial charge on any atom is 0.325 e. The normalized spacial score (nSPS) is 16.3. The molecule has 30 heavy (non-hydrogen) atoms. The molecule has 0 aliphatic rings. The van der Waals surface area contributed by atoms with E-state index in [4.69, 9.17) is 17.7 Å². The second-order valence-electron chi connectivity index (χ2n) is 11.6. The smallest absolute Gasteiger partial charge is 0.325 e. The molecular formula is C19H42O7Si4. The molecule has 0 aliphatic carbocycles. The van der Waals surface area contributed by atoms with Gasteiger partial charge in [-0.2, -0.15) is 0 Å². The summed E-state index contributed by atoms with van der Waals surface area (Å²) in [6.07, 6.45) is -0.382. The van der Waals surface area contributed by atoms with Gasteiger partial charge in [0.15, 0.2) is 13.9 Å². The van der Waals surface area contributed by atoms with Gasteiger partial charge in [0.2, 0.25) is 25.0 Å². The lowest BCUT2D eigenvalue weighted by Crippen LogP contribution is -2.59. The molecule has 0 aromatic carbocycles. The van der Waals surface area contributed by atoms with Gasteiger partial charge < -0.3 is 17.7 Å². The lowest BCUT2D eigenvalue weighted by atomic mass is 9.86. The van der Waals surface area contributed by atoms with Crippen LogP contribution < -0.4 is 0 Å². The Labute approximate surface area is 186 Å². The third-order valence-corrected chi connectivity index (χ3v) is 6.95. The minimum absolute atomic E-state index is 0.382. The Kier molecular flexibility index (Phi) is 9.55. The third kappa shape index (κ3) is 11.0. The van der Waals surface area contributed by atoms with Crippen LogP contribution in [-0.4, -0.2) is 56.8 Å². The van der Waals surface area contributed by atoms with Crippen molar-refractivity contribution in [1.82, 2.24) is 0 Å². The molecule has 0 aliphatic heterocycles. The van der Waals surface area contributed by atoms with E-state index in [1.54, 1.807) is 6.92 Å². The molecule has 0 amide bonds. The number of carbonyl (C=O) groups excluding carboxylic acids is 3. The predicted molar refractivity (Wildman–Crippen MR) is 129 cm³/mol. The summed E-state index contributed by atoms with van der Waals surface area (Å²) < 4.78 is 23.4. The van der Waals surface area contributed by atoms with Crippen molar-refractivity contribution in [2.75, 3.05) is 0 Å². The Bertz CT molecular complexity index is 639. The van der Waals surface area contributed by atoms with Crippen LogP contribution in [0.25, 0.3) is 0 Å². The van der Waals surface area contributed by atoms with Crippen LogP contribution in [0.5, 0.6) is 0 Å². The molecule has 0 saturated carbocycles. The molecule has 0 N–H and O–H groups in total. The van der Waals surface area contributed by atoms with Crippen LogP contribution in [0.4, 0.5) is 0 Å². The van der Waals surface area contributed by atoms with Crippen LogP contribution in [-0.2, 0) is 32.1 Å². The summed E-state index contributed by atoms with van der Waals surface area (Å²) in [4.78, 5) is 39.4. The molecule has 0 rings (SSSR count).